The van der Waals surface area contributed by atoms with Gasteiger partial charge >= 0.3 is 0 Å². The number of anilines is 1. The lowest BCUT2D eigenvalue weighted by molar-refractivity contribution is 0.100. The molecule has 0 saturated carbocycles. The monoisotopic (exact) mass is 250 g/mol. The van der Waals surface area contributed by atoms with E-state index in [1.165, 1.54) is 30.4 Å². The molecule has 0 aliphatic carbocycles. The van der Waals surface area contributed by atoms with E-state index >= 15 is 0 Å². The van der Waals surface area contributed by atoms with E-state index < -0.39 is 5.91 Å². The highest BCUT2D eigenvalue weighted by Gasteiger charge is 2.10. The van der Waals surface area contributed by atoms with Crippen LogP contribution in [0.1, 0.15) is 10.4 Å². The number of aryl methyl sites for hydroxylation is 1. The predicted molar refractivity (Wildman–Crippen MR) is 62.3 cm³/mol. The van der Waals surface area contributed by atoms with E-state index in [9.17, 15) is 4.79 Å². The second kappa shape index (κ2) is 4.42. The lowest BCUT2D eigenvalue weighted by Gasteiger charge is -2.04. The molecule has 2 rings (SSSR count). The Morgan fingerprint density at radius 2 is 2.24 bits per heavy atom. The first kappa shape index (κ1) is 11.4. The van der Waals surface area contributed by atoms with Crippen molar-refractivity contribution in [1.82, 2.24) is 19.7 Å². The molecule has 88 valence electrons. The molecule has 0 aliphatic heterocycles. The average Bonchev–Trinajstić information content (AvgIpc) is 2.67. The van der Waals surface area contributed by atoms with Crippen molar-refractivity contribution in [2.75, 3.05) is 5.73 Å². The molecule has 8 heteroatoms. The van der Waals surface area contributed by atoms with Crippen LogP contribution in [-0.2, 0) is 7.05 Å². The summed E-state index contributed by atoms with van der Waals surface area (Å²) < 4.78 is 1.60. The van der Waals surface area contributed by atoms with Crippen LogP contribution in [0.2, 0.25) is 0 Å². The first-order valence-electron chi connectivity index (χ1n) is 4.65. The molecule has 4 N–H and O–H groups in total. The van der Waals surface area contributed by atoms with Gasteiger partial charge in [0.05, 0.1) is 17.4 Å². The minimum absolute atomic E-state index is 0.254. The fraction of sp³-hybridized carbons (Fsp3) is 0.111. The number of pyridine rings is 1. The summed E-state index contributed by atoms with van der Waals surface area (Å²) in [6, 6.07) is 1.54. The van der Waals surface area contributed by atoms with Crippen LogP contribution in [0, 0.1) is 0 Å². The molecule has 7 nitrogen and oxygen atoms in total. The van der Waals surface area contributed by atoms with Gasteiger partial charge in [0.15, 0.2) is 5.16 Å². The van der Waals surface area contributed by atoms with Crippen LogP contribution in [0.5, 0.6) is 0 Å². The number of hydrogen-bond donors (Lipinski definition) is 2. The summed E-state index contributed by atoms with van der Waals surface area (Å²) in [5.74, 6) is -0.579. The third-order valence-corrected chi connectivity index (χ3v) is 3.03. The first-order chi connectivity index (χ1) is 8.08. The molecule has 0 radical (unpaired) electrons. The number of nitrogens with two attached hydrogens (primary N) is 2. The molecule has 2 aromatic heterocycles. The molecule has 17 heavy (non-hydrogen) atoms. The molecule has 2 aromatic rings. The zero-order valence-corrected chi connectivity index (χ0v) is 9.81. The zero-order valence-electron chi connectivity index (χ0n) is 8.99. The number of aromatic nitrogens is 4. The normalized spacial score (nSPS) is 10.4. The molecule has 0 atom stereocenters. The van der Waals surface area contributed by atoms with Crippen LogP contribution in [0.25, 0.3) is 0 Å². The van der Waals surface area contributed by atoms with Crippen molar-refractivity contribution in [2.45, 2.75) is 10.2 Å². The summed E-state index contributed by atoms with van der Waals surface area (Å²) in [6.07, 6.45) is 2.84. The van der Waals surface area contributed by atoms with Crippen molar-refractivity contribution < 1.29 is 4.79 Å². The molecule has 0 aliphatic rings. The average molecular weight is 250 g/mol. The van der Waals surface area contributed by atoms with Gasteiger partial charge < -0.3 is 11.5 Å². The largest absolute Gasteiger partial charge is 0.397 e. The maximum absolute atomic E-state index is 11.1. The van der Waals surface area contributed by atoms with E-state index in [4.69, 9.17) is 11.5 Å². The van der Waals surface area contributed by atoms with Gasteiger partial charge in [0.25, 0.3) is 5.91 Å². The lowest BCUT2D eigenvalue weighted by Crippen LogP contribution is -2.14. The summed E-state index contributed by atoms with van der Waals surface area (Å²) in [6.45, 7) is 0. The Hall–Kier alpha value is -2.09. The highest BCUT2D eigenvalue weighted by atomic mass is 32.2. The van der Waals surface area contributed by atoms with Crippen molar-refractivity contribution in [1.29, 1.82) is 0 Å². The minimum atomic E-state index is -0.579. The summed E-state index contributed by atoms with van der Waals surface area (Å²) in [5.41, 5.74) is 11.3. The van der Waals surface area contributed by atoms with Gasteiger partial charge in [-0.3, -0.25) is 4.79 Å². The lowest BCUT2D eigenvalue weighted by atomic mass is 10.2. The van der Waals surface area contributed by atoms with Gasteiger partial charge in [-0.1, -0.05) is 0 Å². The molecule has 0 unspecified atom stereocenters. The number of hydrogen-bond acceptors (Lipinski definition) is 6. The van der Waals surface area contributed by atoms with Crippen LogP contribution >= 0.6 is 11.8 Å². The van der Waals surface area contributed by atoms with Crippen LogP contribution in [0.15, 0.2) is 28.8 Å². The highest BCUT2D eigenvalue weighted by Crippen LogP contribution is 2.25. The Morgan fingerprint density at radius 3 is 2.82 bits per heavy atom. The summed E-state index contributed by atoms with van der Waals surface area (Å²) in [7, 11) is 1.77. The zero-order chi connectivity index (χ0) is 12.4. The van der Waals surface area contributed by atoms with Gasteiger partial charge in [0, 0.05) is 7.05 Å². The summed E-state index contributed by atoms with van der Waals surface area (Å²) in [4.78, 5) is 19.2. The number of nitrogens with zero attached hydrogens (tertiary/aromatic N) is 4. The number of carbonyl (C=O) groups is 1. The van der Waals surface area contributed by atoms with Gasteiger partial charge in [0.1, 0.15) is 11.4 Å². The molecule has 0 fully saturated rings. The third kappa shape index (κ3) is 2.36. The van der Waals surface area contributed by atoms with Crippen molar-refractivity contribution >= 4 is 23.4 Å². The van der Waals surface area contributed by atoms with Crippen LogP contribution in [0.3, 0.4) is 0 Å². The molecule has 1 amide bonds. The molecule has 2 heterocycles. The van der Waals surface area contributed by atoms with E-state index in [-0.39, 0.29) is 11.3 Å². The first-order valence-corrected chi connectivity index (χ1v) is 5.46. The maximum Gasteiger partial charge on any atom is 0.250 e. The van der Waals surface area contributed by atoms with Crippen molar-refractivity contribution in [3.05, 3.63) is 24.2 Å². The van der Waals surface area contributed by atoms with Crippen LogP contribution < -0.4 is 11.5 Å². The third-order valence-electron chi connectivity index (χ3n) is 2.04. The van der Waals surface area contributed by atoms with E-state index in [1.807, 2.05) is 0 Å². The topological polar surface area (TPSA) is 113 Å². The quantitative estimate of drug-likeness (QED) is 0.795. The Kier molecular flexibility index (Phi) is 2.96. The van der Waals surface area contributed by atoms with Gasteiger partial charge in [-0.2, -0.15) is 5.10 Å². The smallest absolute Gasteiger partial charge is 0.250 e. The predicted octanol–water partition coefficient (Wildman–Crippen LogP) is 0.0424. The Morgan fingerprint density at radius 1 is 1.47 bits per heavy atom. The molecule has 0 aromatic carbocycles. The number of carbonyl (C=O) groups excluding carboxylic acids is 1. The van der Waals surface area contributed by atoms with Crippen LogP contribution in [0.4, 0.5) is 5.69 Å². The van der Waals surface area contributed by atoms with Gasteiger partial charge in [0.2, 0.25) is 0 Å². The second-order valence-corrected chi connectivity index (χ2v) is 4.23. The Labute approximate surface area is 101 Å². The number of nitrogen functional groups attached to an aromatic ring is 1. The second-order valence-electron chi connectivity index (χ2n) is 3.24. The summed E-state index contributed by atoms with van der Waals surface area (Å²) in [5, 5.41) is 5.18. The Balaban J connectivity index is 2.32. The molecular formula is C9H10N6OS. The van der Waals surface area contributed by atoms with E-state index in [1.54, 1.807) is 11.7 Å². The molecule has 0 bridgehead atoms. The molecule has 0 saturated heterocycles. The fourth-order valence-corrected chi connectivity index (χ4v) is 1.94. The fourth-order valence-electron chi connectivity index (χ4n) is 1.19. The van der Waals surface area contributed by atoms with E-state index in [2.05, 4.69) is 15.1 Å². The van der Waals surface area contributed by atoms with Crippen LogP contribution in [-0.4, -0.2) is 25.7 Å². The van der Waals surface area contributed by atoms with Gasteiger partial charge in [-0.15, -0.1) is 0 Å². The molecular weight excluding hydrogens is 240 g/mol. The van der Waals surface area contributed by atoms with Gasteiger partial charge in [-0.25, -0.2) is 14.6 Å². The summed E-state index contributed by atoms with van der Waals surface area (Å²) >= 11 is 1.28. The van der Waals surface area contributed by atoms with E-state index in [0.717, 1.165) is 0 Å². The van der Waals surface area contributed by atoms with Crippen molar-refractivity contribution in [2.24, 2.45) is 12.8 Å². The highest BCUT2D eigenvalue weighted by molar-refractivity contribution is 7.99. The van der Waals surface area contributed by atoms with E-state index in [0.29, 0.717) is 10.2 Å². The number of primary amides is 1. The molecule has 0 spiro atoms. The van der Waals surface area contributed by atoms with Gasteiger partial charge in [-0.05, 0) is 17.8 Å². The number of rotatable bonds is 3. The SMILES string of the molecule is Cn1ncnc1Sc1cc(C(N)=O)c(N)cn1. The van der Waals surface area contributed by atoms with Crippen molar-refractivity contribution in [3.8, 4) is 0 Å². The minimum Gasteiger partial charge on any atom is -0.397 e. The standard InChI is InChI=1S/C9H10N6OS/c1-15-9(13-4-14-15)17-7-2-5(8(11)16)6(10)3-12-7/h2-4H,10H2,1H3,(H2,11,16). The van der Waals surface area contributed by atoms with Crippen molar-refractivity contribution in [3.63, 3.8) is 0 Å². The maximum atomic E-state index is 11.1. The number of amides is 1. The Bertz CT molecular complexity index is 566.